The molecule has 170 valence electrons. The smallest absolute Gasteiger partial charge is 0.311 e. The van der Waals surface area contributed by atoms with Gasteiger partial charge in [0.1, 0.15) is 18.2 Å². The number of thiazole rings is 1. The summed E-state index contributed by atoms with van der Waals surface area (Å²) in [5, 5.41) is 13.7. The summed E-state index contributed by atoms with van der Waals surface area (Å²) in [6.45, 7) is 4.76. The molecule has 0 aliphatic rings. The van der Waals surface area contributed by atoms with E-state index in [0.717, 1.165) is 0 Å². The summed E-state index contributed by atoms with van der Waals surface area (Å²) in [5.74, 6) is 0.300. The van der Waals surface area contributed by atoms with Gasteiger partial charge in [-0.3, -0.25) is 9.59 Å². The minimum Gasteiger partial charge on any atom is -0.486 e. The molecule has 0 fully saturated rings. The highest BCUT2D eigenvalue weighted by molar-refractivity contribution is 7.99. The third-order valence-electron chi connectivity index (χ3n) is 4.05. The number of rotatable bonds is 11. The standard InChI is InChI=1S/C20H22FN5O4S2/c1-3-26-16(10-30-15-7-5-13(21)6-8-15)24-25-20(26)32-12-17(27)23-19-22-14(11-31-19)9-18(28)29-4-2/h5-8,11H,3-4,9-10,12H2,1-2H3,(H,22,23,27). The first-order valence-corrected chi connectivity index (χ1v) is 11.7. The fourth-order valence-electron chi connectivity index (χ4n) is 2.62. The number of aromatic nitrogens is 4. The lowest BCUT2D eigenvalue weighted by molar-refractivity contribution is -0.142. The van der Waals surface area contributed by atoms with Gasteiger partial charge in [-0.25, -0.2) is 9.37 Å². The Morgan fingerprint density at radius 2 is 2.00 bits per heavy atom. The molecule has 0 saturated carbocycles. The van der Waals surface area contributed by atoms with Crippen molar-refractivity contribution >= 4 is 40.1 Å². The quantitative estimate of drug-likeness (QED) is 0.330. The number of ether oxygens (including phenoxy) is 2. The van der Waals surface area contributed by atoms with Crippen molar-refractivity contribution in [1.29, 1.82) is 0 Å². The van der Waals surface area contributed by atoms with Crippen LogP contribution in [0.1, 0.15) is 25.4 Å². The molecule has 12 heteroatoms. The van der Waals surface area contributed by atoms with Gasteiger partial charge in [0.15, 0.2) is 16.1 Å². The second-order valence-electron chi connectivity index (χ2n) is 6.35. The number of carbonyl (C=O) groups is 2. The van der Waals surface area contributed by atoms with E-state index < -0.39 is 0 Å². The van der Waals surface area contributed by atoms with Crippen LogP contribution in [0.15, 0.2) is 34.8 Å². The number of nitrogens with one attached hydrogen (secondary N) is 1. The van der Waals surface area contributed by atoms with E-state index in [1.54, 1.807) is 24.4 Å². The average Bonchev–Trinajstić information content (AvgIpc) is 3.38. The van der Waals surface area contributed by atoms with Crippen LogP contribution in [0.3, 0.4) is 0 Å². The summed E-state index contributed by atoms with van der Waals surface area (Å²) in [7, 11) is 0. The van der Waals surface area contributed by atoms with Crippen LogP contribution >= 0.6 is 23.1 Å². The Morgan fingerprint density at radius 1 is 1.22 bits per heavy atom. The molecule has 0 aliphatic heterocycles. The molecule has 3 aromatic rings. The number of amides is 1. The summed E-state index contributed by atoms with van der Waals surface area (Å²) in [4.78, 5) is 28.0. The summed E-state index contributed by atoms with van der Waals surface area (Å²) >= 11 is 2.49. The number of benzene rings is 1. The monoisotopic (exact) mass is 479 g/mol. The number of thioether (sulfide) groups is 1. The van der Waals surface area contributed by atoms with Crippen molar-refractivity contribution in [1.82, 2.24) is 19.7 Å². The van der Waals surface area contributed by atoms with Gasteiger partial charge in [-0.15, -0.1) is 21.5 Å². The zero-order valence-electron chi connectivity index (χ0n) is 17.5. The topological polar surface area (TPSA) is 108 Å². The summed E-state index contributed by atoms with van der Waals surface area (Å²) in [6.07, 6.45) is 0.0668. The number of anilines is 1. The Hall–Kier alpha value is -2.99. The molecule has 0 spiro atoms. The van der Waals surface area contributed by atoms with Crippen molar-refractivity contribution in [3.8, 4) is 5.75 Å². The van der Waals surface area contributed by atoms with Gasteiger partial charge in [-0.05, 0) is 38.1 Å². The van der Waals surface area contributed by atoms with Gasteiger partial charge in [-0.2, -0.15) is 0 Å². The van der Waals surface area contributed by atoms with Crippen molar-refractivity contribution in [3.05, 3.63) is 47.0 Å². The van der Waals surface area contributed by atoms with Crippen LogP contribution < -0.4 is 10.1 Å². The van der Waals surface area contributed by atoms with E-state index in [1.807, 2.05) is 11.5 Å². The van der Waals surface area contributed by atoms with Gasteiger partial charge in [0.2, 0.25) is 5.91 Å². The van der Waals surface area contributed by atoms with Crippen molar-refractivity contribution in [2.75, 3.05) is 17.7 Å². The number of hydrogen-bond acceptors (Lipinski definition) is 9. The molecule has 1 amide bonds. The first kappa shape index (κ1) is 23.7. The second kappa shape index (κ2) is 11.6. The Balaban J connectivity index is 1.50. The highest BCUT2D eigenvalue weighted by Crippen LogP contribution is 2.21. The van der Waals surface area contributed by atoms with Gasteiger partial charge >= 0.3 is 5.97 Å². The Labute approximate surface area is 192 Å². The maximum atomic E-state index is 13.0. The van der Waals surface area contributed by atoms with E-state index in [1.165, 1.54) is 35.2 Å². The van der Waals surface area contributed by atoms with Gasteiger partial charge < -0.3 is 19.4 Å². The molecule has 1 aromatic carbocycles. The van der Waals surface area contributed by atoms with Crippen LogP contribution in [0.25, 0.3) is 0 Å². The maximum absolute atomic E-state index is 13.0. The molecule has 0 radical (unpaired) electrons. The van der Waals surface area contributed by atoms with Gasteiger partial charge in [-0.1, -0.05) is 11.8 Å². The fraction of sp³-hybridized carbons (Fsp3) is 0.350. The number of halogens is 1. The highest BCUT2D eigenvalue weighted by atomic mass is 32.2. The van der Waals surface area contributed by atoms with Crippen molar-refractivity contribution in [2.24, 2.45) is 0 Å². The Morgan fingerprint density at radius 3 is 2.72 bits per heavy atom. The first-order chi connectivity index (χ1) is 15.5. The van der Waals surface area contributed by atoms with Gasteiger partial charge in [0.05, 0.1) is 24.5 Å². The summed E-state index contributed by atoms with van der Waals surface area (Å²) in [5.41, 5.74) is 0.549. The lowest BCUT2D eigenvalue weighted by atomic mass is 10.3. The molecule has 1 N–H and O–H groups in total. The van der Waals surface area contributed by atoms with Crippen LogP contribution in [0, 0.1) is 5.82 Å². The lowest BCUT2D eigenvalue weighted by Gasteiger charge is -2.08. The van der Waals surface area contributed by atoms with Crippen molar-refractivity contribution < 1.29 is 23.5 Å². The highest BCUT2D eigenvalue weighted by Gasteiger charge is 2.15. The second-order valence-corrected chi connectivity index (χ2v) is 8.15. The third-order valence-corrected chi connectivity index (χ3v) is 5.83. The molecule has 9 nitrogen and oxygen atoms in total. The molecule has 32 heavy (non-hydrogen) atoms. The zero-order valence-corrected chi connectivity index (χ0v) is 19.2. The average molecular weight is 480 g/mol. The molecule has 0 bridgehead atoms. The normalized spacial score (nSPS) is 10.7. The van der Waals surface area contributed by atoms with Crippen LogP contribution in [0.5, 0.6) is 5.75 Å². The summed E-state index contributed by atoms with van der Waals surface area (Å²) in [6, 6.07) is 5.72. The lowest BCUT2D eigenvalue weighted by Crippen LogP contribution is -2.15. The minimum atomic E-state index is -0.357. The number of carbonyl (C=O) groups excluding carboxylic acids is 2. The molecule has 2 heterocycles. The minimum absolute atomic E-state index is 0.0668. The van der Waals surface area contributed by atoms with Crippen molar-refractivity contribution in [3.63, 3.8) is 0 Å². The van der Waals surface area contributed by atoms with Crippen LogP contribution in [-0.2, 0) is 33.9 Å². The molecule has 0 unspecified atom stereocenters. The van der Waals surface area contributed by atoms with Crippen LogP contribution in [0.4, 0.5) is 9.52 Å². The third kappa shape index (κ3) is 6.76. The summed E-state index contributed by atoms with van der Waals surface area (Å²) < 4.78 is 25.4. The van der Waals surface area contributed by atoms with E-state index in [9.17, 15) is 14.0 Å². The molecule has 0 saturated heterocycles. The predicted octanol–water partition coefficient (Wildman–Crippen LogP) is 3.31. The number of nitrogens with zero attached hydrogens (tertiary/aromatic N) is 4. The Bertz CT molecular complexity index is 1050. The Kier molecular flexibility index (Phi) is 8.56. The van der Waals surface area contributed by atoms with Gasteiger partial charge in [0, 0.05) is 11.9 Å². The molecule has 2 aromatic heterocycles. The fourth-order valence-corrected chi connectivity index (χ4v) is 4.17. The molecule has 3 rings (SSSR count). The number of esters is 1. The van der Waals surface area contributed by atoms with Crippen LogP contribution in [0.2, 0.25) is 0 Å². The number of hydrogen-bond donors (Lipinski definition) is 1. The van der Waals surface area contributed by atoms with E-state index in [4.69, 9.17) is 9.47 Å². The van der Waals surface area contributed by atoms with Crippen LogP contribution in [-0.4, -0.2) is 44.0 Å². The SMILES string of the molecule is CCOC(=O)Cc1csc(NC(=O)CSc2nnc(COc3ccc(F)cc3)n2CC)n1. The van der Waals surface area contributed by atoms with Crippen molar-refractivity contribution in [2.45, 2.75) is 38.6 Å². The predicted molar refractivity (Wildman–Crippen MR) is 118 cm³/mol. The van der Waals surface area contributed by atoms with E-state index in [-0.39, 0.29) is 36.5 Å². The van der Waals surface area contributed by atoms with E-state index in [2.05, 4.69) is 20.5 Å². The first-order valence-electron chi connectivity index (χ1n) is 9.81. The molecule has 0 aliphatic carbocycles. The molecular formula is C20H22FN5O4S2. The largest absolute Gasteiger partial charge is 0.486 e. The molecule has 0 atom stereocenters. The van der Waals surface area contributed by atoms with Gasteiger partial charge in [0.25, 0.3) is 0 Å². The molecular weight excluding hydrogens is 457 g/mol. The maximum Gasteiger partial charge on any atom is 0.311 e. The van der Waals surface area contributed by atoms with E-state index in [0.29, 0.717) is 40.7 Å². The van der Waals surface area contributed by atoms with E-state index >= 15 is 0 Å². The zero-order chi connectivity index (χ0) is 22.9.